The Morgan fingerprint density at radius 1 is 1.40 bits per heavy atom. The number of aliphatic carboxylic acids is 1. The molecule has 6 nitrogen and oxygen atoms in total. The summed E-state index contributed by atoms with van der Waals surface area (Å²) in [5.41, 5.74) is 7.88. The lowest BCUT2D eigenvalue weighted by atomic mass is 9.99. The molecule has 108 valence electrons. The molecule has 6 heteroatoms. The van der Waals surface area contributed by atoms with E-state index in [1.54, 1.807) is 13.0 Å². The number of carbonyl (C=O) groups excluding carboxylic acids is 1. The van der Waals surface area contributed by atoms with Gasteiger partial charge in [-0.25, -0.2) is 0 Å². The normalized spacial score (nSPS) is 22.1. The van der Waals surface area contributed by atoms with Crippen LogP contribution in [0.15, 0.2) is 6.07 Å². The number of anilines is 1. The second-order valence-corrected chi connectivity index (χ2v) is 5.43. The van der Waals surface area contributed by atoms with Gasteiger partial charge in [0, 0.05) is 18.8 Å². The van der Waals surface area contributed by atoms with Crippen LogP contribution in [-0.4, -0.2) is 35.1 Å². The second-order valence-electron chi connectivity index (χ2n) is 5.43. The molecule has 0 spiro atoms. The van der Waals surface area contributed by atoms with Crippen molar-refractivity contribution in [3.05, 3.63) is 23.0 Å². The summed E-state index contributed by atoms with van der Waals surface area (Å²) in [6.07, 6.45) is 0. The van der Waals surface area contributed by atoms with E-state index in [4.69, 9.17) is 5.73 Å². The fraction of sp³-hybridized carbons (Fsp3) is 0.500. The van der Waals surface area contributed by atoms with Crippen molar-refractivity contribution in [3.63, 3.8) is 0 Å². The van der Waals surface area contributed by atoms with Crippen molar-refractivity contribution in [1.82, 2.24) is 4.98 Å². The van der Waals surface area contributed by atoms with Crippen molar-refractivity contribution in [1.29, 1.82) is 0 Å². The number of hydrogen-bond acceptors (Lipinski definition) is 4. The number of carboxylic acid groups (broad SMARTS) is 1. The van der Waals surface area contributed by atoms with E-state index < -0.39 is 17.8 Å². The predicted molar refractivity (Wildman–Crippen MR) is 74.7 cm³/mol. The summed E-state index contributed by atoms with van der Waals surface area (Å²) in [6, 6.07) is 1.80. The van der Waals surface area contributed by atoms with Crippen LogP contribution in [-0.2, 0) is 4.79 Å². The van der Waals surface area contributed by atoms with Crippen molar-refractivity contribution in [2.45, 2.75) is 20.8 Å². The number of amides is 1. The van der Waals surface area contributed by atoms with E-state index >= 15 is 0 Å². The average Bonchev–Trinajstić information content (AvgIpc) is 2.69. The minimum Gasteiger partial charge on any atom is -0.481 e. The van der Waals surface area contributed by atoms with Crippen molar-refractivity contribution >= 4 is 17.6 Å². The van der Waals surface area contributed by atoms with Gasteiger partial charge < -0.3 is 15.7 Å². The molecule has 0 saturated carbocycles. The largest absolute Gasteiger partial charge is 0.481 e. The zero-order valence-corrected chi connectivity index (χ0v) is 11.9. The predicted octanol–water partition coefficient (Wildman–Crippen LogP) is 0.954. The van der Waals surface area contributed by atoms with Gasteiger partial charge in [0.25, 0.3) is 5.91 Å². The highest BCUT2D eigenvalue weighted by molar-refractivity contribution is 6.00. The molecule has 1 amide bonds. The molecular weight excluding hydrogens is 258 g/mol. The number of hydrogen-bond donors (Lipinski definition) is 2. The van der Waals surface area contributed by atoms with Crippen LogP contribution in [0.2, 0.25) is 0 Å². The molecule has 0 radical (unpaired) electrons. The van der Waals surface area contributed by atoms with Gasteiger partial charge in [-0.3, -0.25) is 14.6 Å². The van der Waals surface area contributed by atoms with Gasteiger partial charge in [0.05, 0.1) is 22.9 Å². The van der Waals surface area contributed by atoms with Gasteiger partial charge in [-0.1, -0.05) is 6.92 Å². The maximum atomic E-state index is 11.6. The van der Waals surface area contributed by atoms with Gasteiger partial charge in [0.2, 0.25) is 0 Å². The molecule has 1 fully saturated rings. The number of primary amides is 1. The van der Waals surface area contributed by atoms with Crippen LogP contribution in [0.1, 0.15) is 28.7 Å². The molecule has 20 heavy (non-hydrogen) atoms. The van der Waals surface area contributed by atoms with E-state index in [9.17, 15) is 14.7 Å². The topological polar surface area (TPSA) is 96.5 Å². The molecule has 2 atom stereocenters. The fourth-order valence-electron chi connectivity index (χ4n) is 2.85. The van der Waals surface area contributed by atoms with E-state index in [2.05, 4.69) is 4.98 Å². The molecule has 2 unspecified atom stereocenters. The van der Waals surface area contributed by atoms with Crippen LogP contribution >= 0.6 is 0 Å². The van der Waals surface area contributed by atoms with Gasteiger partial charge in [0.15, 0.2) is 0 Å². The third-order valence-corrected chi connectivity index (χ3v) is 3.82. The quantitative estimate of drug-likeness (QED) is 0.857. The summed E-state index contributed by atoms with van der Waals surface area (Å²) in [4.78, 5) is 29.0. The van der Waals surface area contributed by atoms with Crippen molar-refractivity contribution in [3.8, 4) is 0 Å². The third kappa shape index (κ3) is 2.45. The molecule has 0 aliphatic carbocycles. The van der Waals surface area contributed by atoms with Crippen molar-refractivity contribution in [2.24, 2.45) is 17.6 Å². The Labute approximate surface area is 117 Å². The van der Waals surface area contributed by atoms with Gasteiger partial charge in [-0.05, 0) is 25.8 Å². The zero-order chi connectivity index (χ0) is 15.0. The first-order valence-corrected chi connectivity index (χ1v) is 6.57. The minimum absolute atomic E-state index is 0.0296. The molecule has 1 aromatic rings. The summed E-state index contributed by atoms with van der Waals surface area (Å²) in [7, 11) is 0. The molecule has 1 aliphatic heterocycles. The van der Waals surface area contributed by atoms with E-state index in [0.29, 0.717) is 30.0 Å². The van der Waals surface area contributed by atoms with Crippen LogP contribution < -0.4 is 10.6 Å². The smallest absolute Gasteiger partial charge is 0.308 e. The van der Waals surface area contributed by atoms with Crippen LogP contribution in [0.25, 0.3) is 0 Å². The molecule has 2 heterocycles. The summed E-state index contributed by atoms with van der Waals surface area (Å²) in [5.74, 6) is -1.73. The lowest BCUT2D eigenvalue weighted by molar-refractivity contribution is -0.142. The number of nitrogens with two attached hydrogens (primary N) is 1. The molecule has 2 rings (SSSR count). The third-order valence-electron chi connectivity index (χ3n) is 3.82. The number of rotatable bonds is 3. The van der Waals surface area contributed by atoms with Crippen LogP contribution in [0, 0.1) is 25.7 Å². The Kier molecular flexibility index (Phi) is 3.65. The lowest BCUT2D eigenvalue weighted by Crippen LogP contribution is -2.27. The molecule has 3 N–H and O–H groups in total. The Morgan fingerprint density at radius 2 is 2.05 bits per heavy atom. The molecular formula is C14H19N3O3. The Balaban J connectivity index is 2.43. The highest BCUT2D eigenvalue weighted by Crippen LogP contribution is 2.31. The standard InChI is InChI=1S/C14H19N3O3/c1-7-5-17(6-10(7)14(19)20)11-4-8(2)16-9(3)12(11)13(15)18/h4,7,10H,5-6H2,1-3H3,(H2,15,18)(H,19,20). The average molecular weight is 277 g/mol. The summed E-state index contributed by atoms with van der Waals surface area (Å²) < 4.78 is 0. The Bertz CT molecular complexity index is 571. The number of pyridine rings is 1. The SMILES string of the molecule is Cc1cc(N2CC(C)C(C(=O)O)C2)c(C(N)=O)c(C)n1. The zero-order valence-electron chi connectivity index (χ0n) is 11.9. The first kappa shape index (κ1) is 14.3. The number of nitrogens with zero attached hydrogens (tertiary/aromatic N) is 2. The van der Waals surface area contributed by atoms with Crippen molar-refractivity contribution in [2.75, 3.05) is 18.0 Å². The van der Waals surface area contributed by atoms with Crippen LogP contribution in [0.3, 0.4) is 0 Å². The number of carboxylic acids is 1. The van der Waals surface area contributed by atoms with Gasteiger partial charge in [-0.2, -0.15) is 0 Å². The lowest BCUT2D eigenvalue weighted by Gasteiger charge is -2.22. The van der Waals surface area contributed by atoms with Crippen molar-refractivity contribution < 1.29 is 14.7 Å². The molecule has 1 aromatic heterocycles. The summed E-state index contributed by atoms with van der Waals surface area (Å²) in [5, 5.41) is 9.21. The number of aryl methyl sites for hydroxylation is 2. The van der Waals surface area contributed by atoms with E-state index in [-0.39, 0.29) is 5.92 Å². The maximum Gasteiger partial charge on any atom is 0.308 e. The first-order valence-electron chi connectivity index (χ1n) is 6.57. The van der Waals surface area contributed by atoms with Gasteiger partial charge in [0.1, 0.15) is 0 Å². The summed E-state index contributed by atoms with van der Waals surface area (Å²) in [6.45, 7) is 6.48. The minimum atomic E-state index is -0.803. The second kappa shape index (κ2) is 5.11. The van der Waals surface area contributed by atoms with E-state index in [1.807, 2.05) is 18.7 Å². The summed E-state index contributed by atoms with van der Waals surface area (Å²) >= 11 is 0. The van der Waals surface area contributed by atoms with E-state index in [0.717, 1.165) is 5.69 Å². The molecule has 0 bridgehead atoms. The highest BCUT2D eigenvalue weighted by Gasteiger charge is 2.36. The molecule has 1 saturated heterocycles. The van der Waals surface area contributed by atoms with Crippen LogP contribution in [0.4, 0.5) is 5.69 Å². The first-order chi connectivity index (χ1) is 9.31. The number of carbonyl (C=O) groups is 2. The van der Waals surface area contributed by atoms with E-state index in [1.165, 1.54) is 0 Å². The number of aromatic nitrogens is 1. The molecule has 0 aromatic carbocycles. The van der Waals surface area contributed by atoms with Gasteiger partial charge in [-0.15, -0.1) is 0 Å². The fourth-order valence-corrected chi connectivity index (χ4v) is 2.85. The molecule has 1 aliphatic rings. The Hall–Kier alpha value is -2.11. The Morgan fingerprint density at radius 3 is 2.55 bits per heavy atom. The maximum absolute atomic E-state index is 11.6. The van der Waals surface area contributed by atoms with Gasteiger partial charge >= 0.3 is 5.97 Å². The monoisotopic (exact) mass is 277 g/mol. The van der Waals surface area contributed by atoms with Crippen LogP contribution in [0.5, 0.6) is 0 Å². The highest BCUT2D eigenvalue weighted by atomic mass is 16.4.